The maximum atomic E-state index is 11.1. The zero-order valence-corrected chi connectivity index (χ0v) is 26.2. The van der Waals surface area contributed by atoms with Gasteiger partial charge in [0.1, 0.15) is 11.5 Å². The molecule has 0 fully saturated rings. The first-order valence-electron chi connectivity index (χ1n) is 13.6. The summed E-state index contributed by atoms with van der Waals surface area (Å²) in [5, 5.41) is 22.1. The summed E-state index contributed by atoms with van der Waals surface area (Å²) in [6, 6.07) is 8.45. The van der Waals surface area contributed by atoms with Crippen LogP contribution in [0.1, 0.15) is 95.2 Å². The van der Waals surface area contributed by atoms with E-state index in [1.807, 2.05) is 36.0 Å². The molecule has 0 aliphatic carbocycles. The van der Waals surface area contributed by atoms with Gasteiger partial charge in [-0.15, -0.1) is 0 Å². The Morgan fingerprint density at radius 3 is 1.45 bits per heavy atom. The van der Waals surface area contributed by atoms with E-state index in [2.05, 4.69) is 79.7 Å². The minimum Gasteiger partial charge on any atom is -0.507 e. The number of rotatable bonds is 0. The van der Waals surface area contributed by atoms with Gasteiger partial charge >= 0.3 is 0 Å². The van der Waals surface area contributed by atoms with E-state index in [0.717, 1.165) is 51.7 Å². The van der Waals surface area contributed by atoms with Crippen LogP contribution in [0.3, 0.4) is 0 Å². The number of thioether (sulfide) groups is 2. The van der Waals surface area contributed by atoms with Crippen molar-refractivity contribution in [2.24, 2.45) is 15.4 Å². The summed E-state index contributed by atoms with van der Waals surface area (Å²) in [6.07, 6.45) is 4.72. The van der Waals surface area contributed by atoms with Crippen LogP contribution in [0, 0.1) is 5.41 Å². The number of phenols is 2. The largest absolute Gasteiger partial charge is 0.507 e. The molecule has 0 unspecified atom stereocenters. The molecule has 3 rings (SSSR count). The molecule has 0 aromatic heterocycles. The molecular formula is C32H46N2O2S2. The third-order valence-electron chi connectivity index (χ3n) is 6.76. The molecule has 0 radical (unpaired) electrons. The molecule has 38 heavy (non-hydrogen) atoms. The summed E-state index contributed by atoms with van der Waals surface area (Å²) in [4.78, 5) is 9.49. The highest BCUT2D eigenvalue weighted by Gasteiger charge is 2.21. The van der Waals surface area contributed by atoms with Crippen molar-refractivity contribution in [3.63, 3.8) is 0 Å². The standard InChI is InChI=1S/C32H46N2O2S2/c1-30(2,3)26-12-22-16-33-20-32(7,8)21-34-17-23-13-27(31(4,5)6)15-25(29(23)36)19-38-11-9-10-37-18-24(14-26)28(22)35/h12-17,35-36H,9-11,18-21H2,1-8H3. The number of nitrogens with zero attached hydrogens (tertiary/aromatic N) is 2. The molecule has 6 heteroatoms. The second-order valence-corrected chi connectivity index (χ2v) is 15.4. The first-order chi connectivity index (χ1) is 17.7. The van der Waals surface area contributed by atoms with Gasteiger partial charge in [-0.25, -0.2) is 0 Å². The van der Waals surface area contributed by atoms with Gasteiger partial charge in [-0.2, -0.15) is 23.5 Å². The molecule has 1 heterocycles. The zero-order valence-electron chi connectivity index (χ0n) is 24.5. The van der Waals surface area contributed by atoms with Gasteiger partial charge in [-0.1, -0.05) is 67.5 Å². The molecule has 2 N–H and O–H groups in total. The predicted molar refractivity (Wildman–Crippen MR) is 169 cm³/mol. The fourth-order valence-corrected chi connectivity index (χ4v) is 6.23. The van der Waals surface area contributed by atoms with Crippen molar-refractivity contribution in [1.29, 1.82) is 0 Å². The lowest BCUT2D eigenvalue weighted by Crippen LogP contribution is -2.20. The molecule has 208 valence electrons. The van der Waals surface area contributed by atoms with E-state index in [0.29, 0.717) is 24.6 Å². The van der Waals surface area contributed by atoms with E-state index in [-0.39, 0.29) is 16.2 Å². The van der Waals surface area contributed by atoms with Crippen molar-refractivity contribution in [2.75, 3.05) is 24.6 Å². The third kappa shape index (κ3) is 8.54. The van der Waals surface area contributed by atoms with Crippen LogP contribution in [0.15, 0.2) is 34.3 Å². The predicted octanol–water partition coefficient (Wildman–Crippen LogP) is 8.13. The molecule has 0 atom stereocenters. The van der Waals surface area contributed by atoms with Gasteiger partial charge in [0.15, 0.2) is 0 Å². The fourth-order valence-electron chi connectivity index (χ4n) is 4.18. The van der Waals surface area contributed by atoms with E-state index in [1.165, 1.54) is 11.1 Å². The summed E-state index contributed by atoms with van der Waals surface area (Å²) in [5.74, 6) is 4.29. The highest BCUT2D eigenvalue weighted by molar-refractivity contribution is 7.99. The van der Waals surface area contributed by atoms with Crippen molar-refractivity contribution < 1.29 is 10.2 Å². The van der Waals surface area contributed by atoms with Crippen LogP contribution in [-0.2, 0) is 22.3 Å². The molecule has 1 aliphatic rings. The van der Waals surface area contributed by atoms with Crippen molar-refractivity contribution in [3.8, 4) is 11.5 Å². The SMILES string of the molecule is CC1(C)CN=Cc2cc(C(C)(C)C)cc(c2O)CSCCCSCc2cc(C(C)(C)C)cc(c2O)C=NC1. The lowest BCUT2D eigenvalue weighted by atomic mass is 9.85. The summed E-state index contributed by atoms with van der Waals surface area (Å²) in [5.41, 5.74) is 5.76. The van der Waals surface area contributed by atoms with Gasteiger partial charge in [-0.05, 0) is 52.0 Å². The number of hydrogen-bond donors (Lipinski definition) is 2. The Bertz CT molecular complexity index is 1080. The maximum absolute atomic E-state index is 11.1. The van der Waals surface area contributed by atoms with Crippen molar-refractivity contribution in [1.82, 2.24) is 0 Å². The highest BCUT2D eigenvalue weighted by atomic mass is 32.2. The molecule has 2 aromatic rings. The van der Waals surface area contributed by atoms with E-state index < -0.39 is 0 Å². The monoisotopic (exact) mass is 554 g/mol. The van der Waals surface area contributed by atoms with Gasteiger partial charge in [0.25, 0.3) is 0 Å². The van der Waals surface area contributed by atoms with Crippen LogP contribution in [-0.4, -0.2) is 47.2 Å². The molecule has 4 bridgehead atoms. The fraction of sp³-hybridized carbons (Fsp3) is 0.562. The van der Waals surface area contributed by atoms with E-state index in [9.17, 15) is 10.2 Å². The molecule has 1 aliphatic heterocycles. The number of fused-ring (bicyclic) bond motifs is 4. The molecular weight excluding hydrogens is 508 g/mol. The van der Waals surface area contributed by atoms with E-state index in [4.69, 9.17) is 9.98 Å². The average molecular weight is 555 g/mol. The first kappa shape index (κ1) is 30.6. The summed E-state index contributed by atoms with van der Waals surface area (Å²) in [6.45, 7) is 18.7. The molecule has 0 saturated heterocycles. The Morgan fingerprint density at radius 2 is 1.08 bits per heavy atom. The van der Waals surface area contributed by atoms with Crippen molar-refractivity contribution >= 4 is 36.0 Å². The normalized spacial score (nSPS) is 17.8. The third-order valence-corrected chi connectivity index (χ3v) is 8.95. The van der Waals surface area contributed by atoms with Gasteiger partial charge in [0.05, 0.1) is 0 Å². The second kappa shape index (κ2) is 12.5. The first-order valence-corrected chi connectivity index (χ1v) is 15.9. The maximum Gasteiger partial charge on any atom is 0.128 e. The van der Waals surface area contributed by atoms with Crippen LogP contribution in [0.25, 0.3) is 0 Å². The lowest BCUT2D eigenvalue weighted by molar-refractivity contribution is 0.396. The number of phenolic OH excluding ortho intramolecular Hbond substituents is 2. The summed E-state index contributed by atoms with van der Waals surface area (Å²) < 4.78 is 0. The van der Waals surface area contributed by atoms with Crippen LogP contribution in [0.4, 0.5) is 0 Å². The number of aromatic hydroxyl groups is 2. The molecule has 0 saturated carbocycles. The second-order valence-electron chi connectivity index (χ2n) is 13.2. The minimum atomic E-state index is -0.167. The van der Waals surface area contributed by atoms with Gasteiger partial charge < -0.3 is 10.2 Å². The molecule has 2 aromatic carbocycles. The van der Waals surface area contributed by atoms with E-state index >= 15 is 0 Å². The Balaban J connectivity index is 1.94. The van der Waals surface area contributed by atoms with Crippen LogP contribution < -0.4 is 0 Å². The van der Waals surface area contributed by atoms with Crippen molar-refractivity contribution in [3.05, 3.63) is 57.6 Å². The zero-order chi connectivity index (χ0) is 28.1. The summed E-state index contributed by atoms with van der Waals surface area (Å²) in [7, 11) is 0. The average Bonchev–Trinajstić information content (AvgIpc) is 2.80. The minimum absolute atomic E-state index is 0.0115. The van der Waals surface area contributed by atoms with E-state index in [1.54, 1.807) is 0 Å². The van der Waals surface area contributed by atoms with Crippen LogP contribution >= 0.6 is 23.5 Å². The Kier molecular flexibility index (Phi) is 10.1. The molecule has 0 amide bonds. The molecule has 0 spiro atoms. The quantitative estimate of drug-likeness (QED) is 0.345. The smallest absolute Gasteiger partial charge is 0.128 e. The Morgan fingerprint density at radius 1 is 0.684 bits per heavy atom. The Hall–Kier alpha value is -1.92. The topological polar surface area (TPSA) is 65.2 Å². The summed E-state index contributed by atoms with van der Waals surface area (Å²) >= 11 is 3.72. The number of aliphatic imine (C=N–C) groups is 2. The van der Waals surface area contributed by atoms with Gasteiger partial charge in [0, 0.05) is 64.7 Å². The van der Waals surface area contributed by atoms with Crippen LogP contribution in [0.2, 0.25) is 0 Å². The highest BCUT2D eigenvalue weighted by Crippen LogP contribution is 2.35. The number of hydrogen-bond acceptors (Lipinski definition) is 6. The van der Waals surface area contributed by atoms with Gasteiger partial charge in [-0.3, -0.25) is 9.98 Å². The van der Waals surface area contributed by atoms with Crippen LogP contribution in [0.5, 0.6) is 11.5 Å². The van der Waals surface area contributed by atoms with Crippen molar-refractivity contribution in [2.45, 2.75) is 84.1 Å². The van der Waals surface area contributed by atoms with Gasteiger partial charge in [0.2, 0.25) is 0 Å². The number of benzene rings is 2. The lowest BCUT2D eigenvalue weighted by Gasteiger charge is -2.23. The Labute approximate surface area is 238 Å². The molecule has 4 nitrogen and oxygen atoms in total.